The van der Waals surface area contributed by atoms with Crippen molar-refractivity contribution >= 4 is 16.9 Å². The van der Waals surface area contributed by atoms with E-state index >= 15 is 0 Å². The second kappa shape index (κ2) is 6.33. The van der Waals surface area contributed by atoms with Crippen LogP contribution in [0.3, 0.4) is 0 Å². The molecule has 1 aromatic carbocycles. The molecule has 3 aromatic rings. The van der Waals surface area contributed by atoms with Crippen LogP contribution in [0.5, 0.6) is 0 Å². The van der Waals surface area contributed by atoms with Crippen molar-refractivity contribution in [1.82, 2.24) is 20.0 Å². The molecular formula is C18H20N4O3. The molecule has 0 spiro atoms. The van der Waals surface area contributed by atoms with Crippen LogP contribution < -0.4 is 5.32 Å². The van der Waals surface area contributed by atoms with Crippen LogP contribution in [-0.2, 0) is 18.2 Å². The third-order valence-corrected chi connectivity index (χ3v) is 4.64. The largest absolute Gasteiger partial charge is 0.379 e. The first kappa shape index (κ1) is 15.8. The molecule has 0 unspecified atom stereocenters. The van der Waals surface area contributed by atoms with E-state index in [1.54, 1.807) is 6.33 Å². The first-order valence-corrected chi connectivity index (χ1v) is 8.32. The quantitative estimate of drug-likeness (QED) is 0.784. The Bertz CT molecular complexity index is 914. The lowest BCUT2D eigenvalue weighted by Crippen LogP contribution is -2.40. The number of hydrogen-bond donors (Lipinski definition) is 1. The maximum absolute atomic E-state index is 12.6. The van der Waals surface area contributed by atoms with Crippen molar-refractivity contribution in [3.8, 4) is 0 Å². The first-order valence-electron chi connectivity index (χ1n) is 8.32. The molecule has 2 atom stereocenters. The van der Waals surface area contributed by atoms with Gasteiger partial charge in [-0.2, -0.15) is 0 Å². The van der Waals surface area contributed by atoms with E-state index in [-0.39, 0.29) is 17.9 Å². The summed E-state index contributed by atoms with van der Waals surface area (Å²) in [6.07, 6.45) is 2.44. The molecule has 1 aliphatic rings. The maximum atomic E-state index is 12.6. The van der Waals surface area contributed by atoms with Crippen LogP contribution in [0, 0.1) is 12.8 Å². The van der Waals surface area contributed by atoms with Gasteiger partial charge in [-0.05, 0) is 25.1 Å². The van der Waals surface area contributed by atoms with Crippen molar-refractivity contribution in [2.75, 3.05) is 13.2 Å². The molecule has 7 nitrogen and oxygen atoms in total. The Labute approximate surface area is 145 Å². The van der Waals surface area contributed by atoms with Gasteiger partial charge in [-0.1, -0.05) is 5.16 Å². The molecule has 1 saturated heterocycles. The smallest absolute Gasteiger partial charge is 0.251 e. The molecule has 0 radical (unpaired) electrons. The lowest BCUT2D eigenvalue weighted by molar-refractivity contribution is 0.0924. The van der Waals surface area contributed by atoms with E-state index in [4.69, 9.17) is 9.26 Å². The summed E-state index contributed by atoms with van der Waals surface area (Å²) in [5, 5.41) is 6.99. The second-order valence-electron chi connectivity index (χ2n) is 6.58. The number of amides is 1. The Balaban J connectivity index is 1.46. The van der Waals surface area contributed by atoms with Crippen LogP contribution >= 0.6 is 0 Å². The highest BCUT2D eigenvalue weighted by Gasteiger charge is 2.31. The van der Waals surface area contributed by atoms with E-state index in [1.807, 2.05) is 42.8 Å². The van der Waals surface area contributed by atoms with Gasteiger partial charge in [0.05, 0.1) is 42.3 Å². The van der Waals surface area contributed by atoms with E-state index in [1.165, 1.54) is 0 Å². The minimum Gasteiger partial charge on any atom is -0.379 e. The highest BCUT2D eigenvalue weighted by Crippen LogP contribution is 2.21. The van der Waals surface area contributed by atoms with Gasteiger partial charge >= 0.3 is 0 Å². The van der Waals surface area contributed by atoms with Crippen LogP contribution in [0.25, 0.3) is 11.0 Å². The number of benzene rings is 1. The molecule has 2 aromatic heterocycles. The number of nitrogens with zero attached hydrogens (tertiary/aromatic N) is 3. The molecule has 130 valence electrons. The van der Waals surface area contributed by atoms with E-state index in [2.05, 4.69) is 15.5 Å². The van der Waals surface area contributed by atoms with Crippen molar-refractivity contribution in [1.29, 1.82) is 0 Å². The summed E-state index contributed by atoms with van der Waals surface area (Å²) in [6, 6.07) is 7.43. The number of fused-ring (bicyclic) bond motifs is 1. The van der Waals surface area contributed by atoms with Gasteiger partial charge in [-0.25, -0.2) is 4.98 Å². The molecule has 1 aliphatic heterocycles. The predicted molar refractivity (Wildman–Crippen MR) is 91.2 cm³/mol. The van der Waals surface area contributed by atoms with Gasteiger partial charge in [0.25, 0.3) is 5.91 Å². The highest BCUT2D eigenvalue weighted by molar-refractivity contribution is 5.97. The first-order chi connectivity index (χ1) is 12.1. The van der Waals surface area contributed by atoms with E-state index in [0.717, 1.165) is 22.5 Å². The van der Waals surface area contributed by atoms with Crippen molar-refractivity contribution in [2.24, 2.45) is 13.0 Å². The molecular weight excluding hydrogens is 320 g/mol. The zero-order chi connectivity index (χ0) is 17.4. The van der Waals surface area contributed by atoms with Gasteiger partial charge < -0.3 is 19.1 Å². The fourth-order valence-electron chi connectivity index (χ4n) is 3.26. The summed E-state index contributed by atoms with van der Waals surface area (Å²) in [5.74, 6) is 0.888. The van der Waals surface area contributed by atoms with Crippen molar-refractivity contribution < 1.29 is 14.1 Å². The third-order valence-electron chi connectivity index (χ3n) is 4.64. The number of rotatable bonds is 4. The Morgan fingerprint density at radius 2 is 2.24 bits per heavy atom. The molecule has 0 aliphatic carbocycles. The fraction of sp³-hybridized carbons (Fsp3) is 0.389. The number of carbonyl (C=O) groups excluding carboxylic acids is 1. The Morgan fingerprint density at radius 1 is 1.36 bits per heavy atom. The van der Waals surface area contributed by atoms with Crippen LogP contribution in [0.4, 0.5) is 0 Å². The van der Waals surface area contributed by atoms with Crippen LogP contribution in [-0.4, -0.2) is 39.9 Å². The minimum absolute atomic E-state index is 0.0441. The zero-order valence-corrected chi connectivity index (χ0v) is 14.2. The Morgan fingerprint density at radius 3 is 3.04 bits per heavy atom. The predicted octanol–water partition coefficient (Wildman–Crippen LogP) is 1.86. The summed E-state index contributed by atoms with van der Waals surface area (Å²) >= 11 is 0. The van der Waals surface area contributed by atoms with E-state index < -0.39 is 0 Å². The van der Waals surface area contributed by atoms with Crippen molar-refractivity contribution in [3.63, 3.8) is 0 Å². The second-order valence-corrected chi connectivity index (χ2v) is 6.58. The maximum Gasteiger partial charge on any atom is 0.251 e. The van der Waals surface area contributed by atoms with Gasteiger partial charge in [0, 0.05) is 31.0 Å². The standard InChI is InChI=1S/C18H20N4O3/c1-11-5-14(25-21-11)6-13-8-24-9-16(13)20-18(23)12-3-4-17-15(7-12)19-10-22(17)2/h3-5,7,10,13,16H,6,8-9H2,1-2H3,(H,20,23)/t13-,16+/m1/s1. The summed E-state index contributed by atoms with van der Waals surface area (Å²) < 4.78 is 12.8. The van der Waals surface area contributed by atoms with E-state index in [9.17, 15) is 4.79 Å². The SMILES string of the molecule is Cc1cc(C[C@@H]2COC[C@@H]2NC(=O)c2ccc3c(c2)ncn3C)on1. The lowest BCUT2D eigenvalue weighted by atomic mass is 9.98. The summed E-state index contributed by atoms with van der Waals surface area (Å²) in [5.41, 5.74) is 3.27. The molecule has 1 N–H and O–H groups in total. The average molecular weight is 340 g/mol. The number of aryl methyl sites for hydroxylation is 2. The summed E-state index contributed by atoms with van der Waals surface area (Å²) in [4.78, 5) is 16.9. The Kier molecular flexibility index (Phi) is 4.01. The molecule has 7 heteroatoms. The highest BCUT2D eigenvalue weighted by atomic mass is 16.5. The molecule has 0 bridgehead atoms. The van der Waals surface area contributed by atoms with Gasteiger partial charge in [0.2, 0.25) is 0 Å². The number of ether oxygens (including phenoxy) is 1. The van der Waals surface area contributed by atoms with Crippen molar-refractivity contribution in [2.45, 2.75) is 19.4 Å². The number of carbonyl (C=O) groups is 1. The molecule has 25 heavy (non-hydrogen) atoms. The molecule has 3 heterocycles. The Hall–Kier alpha value is -2.67. The van der Waals surface area contributed by atoms with Crippen LogP contribution in [0.2, 0.25) is 0 Å². The molecule has 4 rings (SSSR count). The van der Waals surface area contributed by atoms with E-state index in [0.29, 0.717) is 25.2 Å². The van der Waals surface area contributed by atoms with Gasteiger partial charge in [-0.15, -0.1) is 0 Å². The van der Waals surface area contributed by atoms with Gasteiger partial charge in [-0.3, -0.25) is 4.79 Å². The molecule has 1 fully saturated rings. The zero-order valence-electron chi connectivity index (χ0n) is 14.2. The fourth-order valence-corrected chi connectivity index (χ4v) is 3.26. The molecule has 1 amide bonds. The summed E-state index contributed by atoms with van der Waals surface area (Å²) in [6.45, 7) is 3.00. The van der Waals surface area contributed by atoms with Gasteiger partial charge in [0.1, 0.15) is 5.76 Å². The minimum atomic E-state index is -0.109. The number of imidazole rings is 1. The monoisotopic (exact) mass is 340 g/mol. The lowest BCUT2D eigenvalue weighted by Gasteiger charge is -2.18. The third kappa shape index (κ3) is 3.15. The normalized spacial score (nSPS) is 20.2. The number of nitrogens with one attached hydrogen (secondary N) is 1. The van der Waals surface area contributed by atoms with Crippen LogP contribution in [0.15, 0.2) is 35.1 Å². The average Bonchev–Trinajstić information content (AvgIpc) is 3.30. The van der Waals surface area contributed by atoms with Crippen LogP contribution in [0.1, 0.15) is 21.8 Å². The topological polar surface area (TPSA) is 82.2 Å². The van der Waals surface area contributed by atoms with Gasteiger partial charge in [0.15, 0.2) is 0 Å². The number of hydrogen-bond acceptors (Lipinski definition) is 5. The van der Waals surface area contributed by atoms with Crippen molar-refractivity contribution in [3.05, 3.63) is 47.6 Å². The number of aromatic nitrogens is 3. The molecule has 0 saturated carbocycles. The summed E-state index contributed by atoms with van der Waals surface area (Å²) in [7, 11) is 1.93.